The van der Waals surface area contributed by atoms with Gasteiger partial charge in [-0.25, -0.2) is 4.98 Å². The topological polar surface area (TPSA) is 99.5 Å². The predicted molar refractivity (Wildman–Crippen MR) is 155 cm³/mol. The lowest BCUT2D eigenvalue weighted by Crippen LogP contribution is -2.23. The number of hydrogen-bond donors (Lipinski definition) is 1. The Morgan fingerprint density at radius 2 is 1.82 bits per heavy atom. The summed E-state index contributed by atoms with van der Waals surface area (Å²) >= 11 is 1.16. The second-order valence-corrected chi connectivity index (χ2v) is 9.29. The monoisotopic (exact) mass is 541 g/mol. The molecule has 0 fully saturated rings. The minimum Gasteiger partial charge on any atom is -0.493 e. The van der Waals surface area contributed by atoms with E-state index >= 15 is 0 Å². The van der Waals surface area contributed by atoms with E-state index in [0.717, 1.165) is 17.3 Å². The van der Waals surface area contributed by atoms with Crippen molar-refractivity contribution < 1.29 is 19.1 Å². The Morgan fingerprint density at radius 1 is 1.03 bits per heavy atom. The molecule has 0 atom stereocenters. The first-order valence-electron chi connectivity index (χ1n) is 12.0. The molecule has 0 unspecified atom stereocenters. The number of nitrogens with one attached hydrogen (secondary N) is 1. The standard InChI is InChI=1S/C30H27N3O5S/c1-4-16-33-29(36)23-10-5-6-11-24(23)32-30(33)39-19-28(35)31-22-9-7-8-21(18-22)25(34)14-12-20-13-15-26(37-2)27(17-20)38-3/h4-15,17-18H,1,16,19H2,2-3H3,(H,31,35)/b14-12+. The highest BCUT2D eigenvalue weighted by atomic mass is 32.2. The number of nitrogens with zero attached hydrogens (tertiary/aromatic N) is 2. The van der Waals surface area contributed by atoms with Crippen molar-refractivity contribution in [2.75, 3.05) is 25.3 Å². The minimum atomic E-state index is -0.293. The zero-order chi connectivity index (χ0) is 27.8. The molecule has 4 aromatic rings. The van der Waals surface area contributed by atoms with Crippen LogP contribution in [0.25, 0.3) is 17.0 Å². The van der Waals surface area contributed by atoms with Crippen LogP contribution < -0.4 is 20.3 Å². The Hall–Kier alpha value is -4.63. The van der Waals surface area contributed by atoms with Crippen LogP contribution in [0.5, 0.6) is 11.5 Å². The van der Waals surface area contributed by atoms with Gasteiger partial charge in [0.15, 0.2) is 22.4 Å². The van der Waals surface area contributed by atoms with Gasteiger partial charge in [-0.15, -0.1) is 6.58 Å². The van der Waals surface area contributed by atoms with Crippen LogP contribution >= 0.6 is 11.8 Å². The molecule has 1 N–H and O–H groups in total. The average molecular weight is 542 g/mol. The van der Waals surface area contributed by atoms with Crippen molar-refractivity contribution in [3.05, 3.63) is 107 Å². The second-order valence-electron chi connectivity index (χ2n) is 8.35. The van der Waals surface area contributed by atoms with Gasteiger partial charge < -0.3 is 14.8 Å². The number of carbonyl (C=O) groups is 2. The summed E-state index contributed by atoms with van der Waals surface area (Å²) in [6.45, 7) is 4.00. The fraction of sp³-hybridized carbons (Fsp3) is 0.133. The number of allylic oxidation sites excluding steroid dienone is 2. The number of fused-ring (bicyclic) bond motifs is 1. The fourth-order valence-corrected chi connectivity index (χ4v) is 4.66. The van der Waals surface area contributed by atoms with E-state index in [1.54, 1.807) is 81.0 Å². The van der Waals surface area contributed by atoms with E-state index in [2.05, 4.69) is 16.9 Å². The molecule has 198 valence electrons. The highest BCUT2D eigenvalue weighted by molar-refractivity contribution is 7.99. The summed E-state index contributed by atoms with van der Waals surface area (Å²) < 4.78 is 12.0. The van der Waals surface area contributed by atoms with E-state index < -0.39 is 0 Å². The largest absolute Gasteiger partial charge is 0.493 e. The third-order valence-electron chi connectivity index (χ3n) is 5.74. The number of anilines is 1. The van der Waals surface area contributed by atoms with Crippen LogP contribution in [0.3, 0.4) is 0 Å². The Balaban J connectivity index is 1.43. The highest BCUT2D eigenvalue weighted by Crippen LogP contribution is 2.28. The first-order chi connectivity index (χ1) is 18.9. The summed E-state index contributed by atoms with van der Waals surface area (Å²) in [6, 6.07) is 19.1. The molecular formula is C30H27N3O5S. The van der Waals surface area contributed by atoms with E-state index in [-0.39, 0.29) is 29.5 Å². The Kier molecular flexibility index (Phi) is 8.96. The summed E-state index contributed by atoms with van der Waals surface area (Å²) in [5, 5.41) is 3.75. The molecule has 0 spiro atoms. The number of aromatic nitrogens is 2. The van der Waals surface area contributed by atoms with Crippen molar-refractivity contribution in [1.29, 1.82) is 0 Å². The number of amides is 1. The molecule has 39 heavy (non-hydrogen) atoms. The Labute approximate surface area is 230 Å². The number of para-hydroxylation sites is 1. The van der Waals surface area contributed by atoms with Gasteiger partial charge in [-0.3, -0.25) is 19.0 Å². The van der Waals surface area contributed by atoms with Crippen molar-refractivity contribution in [1.82, 2.24) is 9.55 Å². The number of hydrogen-bond acceptors (Lipinski definition) is 7. The number of benzene rings is 3. The van der Waals surface area contributed by atoms with Gasteiger partial charge in [-0.05, 0) is 48.0 Å². The van der Waals surface area contributed by atoms with Crippen LogP contribution in [-0.4, -0.2) is 41.2 Å². The zero-order valence-corrected chi connectivity index (χ0v) is 22.4. The van der Waals surface area contributed by atoms with Crippen LogP contribution in [-0.2, 0) is 11.3 Å². The third-order valence-corrected chi connectivity index (χ3v) is 6.71. The molecule has 0 radical (unpaired) electrons. The smallest absolute Gasteiger partial charge is 0.262 e. The maximum atomic E-state index is 12.9. The van der Waals surface area contributed by atoms with Gasteiger partial charge in [0.25, 0.3) is 5.56 Å². The molecule has 0 aliphatic rings. The molecule has 0 aliphatic heterocycles. The Bertz CT molecular complexity index is 1630. The lowest BCUT2D eigenvalue weighted by molar-refractivity contribution is -0.113. The van der Waals surface area contributed by atoms with Gasteiger partial charge in [0.1, 0.15) is 0 Å². The highest BCUT2D eigenvalue weighted by Gasteiger charge is 2.13. The molecule has 0 aliphatic carbocycles. The molecule has 9 heteroatoms. The molecule has 3 aromatic carbocycles. The van der Waals surface area contributed by atoms with Gasteiger partial charge in [0.05, 0.1) is 30.9 Å². The molecule has 1 aromatic heterocycles. The van der Waals surface area contributed by atoms with Gasteiger partial charge in [-0.1, -0.05) is 54.2 Å². The quantitative estimate of drug-likeness (QED) is 0.0913. The maximum Gasteiger partial charge on any atom is 0.262 e. The molecule has 0 bridgehead atoms. The molecule has 1 heterocycles. The van der Waals surface area contributed by atoms with Crippen molar-refractivity contribution in [2.45, 2.75) is 11.7 Å². The predicted octanol–water partition coefficient (Wildman–Crippen LogP) is 5.23. The number of carbonyl (C=O) groups excluding carboxylic acids is 2. The van der Waals surface area contributed by atoms with Gasteiger partial charge in [0, 0.05) is 17.8 Å². The summed E-state index contributed by atoms with van der Waals surface area (Å²) in [5.74, 6) is 0.680. The van der Waals surface area contributed by atoms with Gasteiger partial charge in [-0.2, -0.15) is 0 Å². The fourth-order valence-electron chi connectivity index (χ4n) is 3.85. The van der Waals surface area contributed by atoms with Gasteiger partial charge in [0.2, 0.25) is 5.91 Å². The van der Waals surface area contributed by atoms with E-state index in [4.69, 9.17) is 9.47 Å². The van der Waals surface area contributed by atoms with E-state index in [1.165, 1.54) is 10.6 Å². The number of rotatable bonds is 11. The second kappa shape index (κ2) is 12.7. The van der Waals surface area contributed by atoms with E-state index in [1.807, 2.05) is 12.1 Å². The van der Waals surface area contributed by atoms with Crippen LogP contribution in [0, 0.1) is 0 Å². The SMILES string of the molecule is C=CCn1c(SCC(=O)Nc2cccc(C(=O)/C=C/c3ccc(OC)c(OC)c3)c2)nc2ccccc2c1=O. The maximum absolute atomic E-state index is 12.9. The molecule has 0 saturated heterocycles. The van der Waals surface area contributed by atoms with Crippen molar-refractivity contribution >= 4 is 46.1 Å². The van der Waals surface area contributed by atoms with Crippen LogP contribution in [0.1, 0.15) is 15.9 Å². The van der Waals surface area contributed by atoms with Crippen LogP contribution in [0.2, 0.25) is 0 Å². The average Bonchev–Trinajstić information content (AvgIpc) is 2.96. The summed E-state index contributed by atoms with van der Waals surface area (Å²) in [6.07, 6.45) is 4.76. The lowest BCUT2D eigenvalue weighted by Gasteiger charge is -2.11. The molecular weight excluding hydrogens is 514 g/mol. The van der Waals surface area contributed by atoms with Crippen LogP contribution in [0.15, 0.2) is 95.4 Å². The Morgan fingerprint density at radius 3 is 2.59 bits per heavy atom. The van der Waals surface area contributed by atoms with Crippen LogP contribution in [0.4, 0.5) is 5.69 Å². The molecule has 8 nitrogen and oxygen atoms in total. The van der Waals surface area contributed by atoms with Crippen molar-refractivity contribution in [3.8, 4) is 11.5 Å². The first kappa shape index (κ1) is 27.4. The number of methoxy groups -OCH3 is 2. The molecule has 4 rings (SSSR count). The summed E-state index contributed by atoms with van der Waals surface area (Å²) in [5.41, 5.74) is 2.07. The van der Waals surface area contributed by atoms with Crippen molar-refractivity contribution in [3.63, 3.8) is 0 Å². The molecule has 1 amide bonds. The number of ether oxygens (including phenoxy) is 2. The zero-order valence-electron chi connectivity index (χ0n) is 21.5. The summed E-state index contributed by atoms with van der Waals surface area (Å²) in [4.78, 5) is 43.0. The van der Waals surface area contributed by atoms with E-state index in [0.29, 0.717) is 38.8 Å². The number of ketones is 1. The molecule has 0 saturated carbocycles. The minimum absolute atomic E-state index is 0.0271. The van der Waals surface area contributed by atoms with Crippen molar-refractivity contribution in [2.24, 2.45) is 0 Å². The lowest BCUT2D eigenvalue weighted by atomic mass is 10.1. The normalized spacial score (nSPS) is 10.9. The number of thioether (sulfide) groups is 1. The van der Waals surface area contributed by atoms with Gasteiger partial charge >= 0.3 is 0 Å². The van der Waals surface area contributed by atoms with E-state index in [9.17, 15) is 14.4 Å². The summed E-state index contributed by atoms with van der Waals surface area (Å²) in [7, 11) is 3.11. The third kappa shape index (κ3) is 6.63. The first-order valence-corrected chi connectivity index (χ1v) is 13.0.